The number of nitrogens with zero attached hydrogens (tertiary/aromatic N) is 3. The molecule has 3 N–H and O–H groups in total. The van der Waals surface area contributed by atoms with Crippen LogP contribution in [0.15, 0.2) is 51.4 Å². The van der Waals surface area contributed by atoms with Crippen LogP contribution in [-0.4, -0.2) is 55.3 Å². The second kappa shape index (κ2) is 9.29. The Morgan fingerprint density at radius 1 is 1.20 bits per heavy atom. The normalized spacial score (nSPS) is 18.8. The molecule has 1 saturated carbocycles. The van der Waals surface area contributed by atoms with Gasteiger partial charge in [-0.3, -0.25) is 9.69 Å². The third-order valence-corrected chi connectivity index (χ3v) is 7.88. The summed E-state index contributed by atoms with van der Waals surface area (Å²) in [4.78, 5) is 23.6. The molecule has 0 spiro atoms. The van der Waals surface area contributed by atoms with Crippen molar-refractivity contribution in [2.45, 2.75) is 30.6 Å². The summed E-state index contributed by atoms with van der Waals surface area (Å²) in [5.41, 5.74) is 4.20. The van der Waals surface area contributed by atoms with Crippen molar-refractivity contribution in [3.63, 3.8) is 0 Å². The van der Waals surface area contributed by atoms with Gasteiger partial charge in [0.25, 0.3) is 5.91 Å². The average molecular weight is 494 g/mol. The molecule has 2 aromatic rings. The molecule has 1 aliphatic carbocycles. The maximum absolute atomic E-state index is 15.7. The predicted octanol–water partition coefficient (Wildman–Crippen LogP) is 3.54. The Morgan fingerprint density at radius 3 is 2.89 bits per heavy atom. The van der Waals surface area contributed by atoms with E-state index in [0.29, 0.717) is 42.3 Å². The summed E-state index contributed by atoms with van der Waals surface area (Å²) in [6, 6.07) is 9.61. The summed E-state index contributed by atoms with van der Waals surface area (Å²) < 4.78 is 15.7. The maximum atomic E-state index is 15.7. The van der Waals surface area contributed by atoms with Crippen molar-refractivity contribution in [3.8, 4) is 0 Å². The summed E-state index contributed by atoms with van der Waals surface area (Å²) in [7, 11) is 0. The topological polar surface area (TPSA) is 80.7 Å². The number of aromatic nitrogens is 1. The fourth-order valence-corrected chi connectivity index (χ4v) is 6.16. The van der Waals surface area contributed by atoms with Crippen molar-refractivity contribution in [1.29, 1.82) is 0 Å². The largest absolute Gasteiger partial charge is 0.396 e. The fourth-order valence-electron chi connectivity index (χ4n) is 4.97. The van der Waals surface area contributed by atoms with Gasteiger partial charge in [0.05, 0.1) is 16.3 Å². The Hall–Kier alpha value is -2.88. The minimum absolute atomic E-state index is 0.0131. The molecule has 2 fully saturated rings. The number of benzene rings is 1. The highest BCUT2D eigenvalue weighted by Crippen LogP contribution is 2.58. The monoisotopic (exact) mass is 493 g/mol. The van der Waals surface area contributed by atoms with Gasteiger partial charge in [-0.2, -0.15) is 0 Å². The quantitative estimate of drug-likeness (QED) is 0.550. The van der Waals surface area contributed by atoms with E-state index < -0.39 is 0 Å². The molecule has 1 aromatic heterocycles. The van der Waals surface area contributed by atoms with Crippen LogP contribution in [0.1, 0.15) is 31.2 Å². The van der Waals surface area contributed by atoms with Crippen molar-refractivity contribution < 1.29 is 14.3 Å². The highest BCUT2D eigenvalue weighted by molar-refractivity contribution is 8.03. The highest BCUT2D eigenvalue weighted by Gasteiger charge is 2.42. The van der Waals surface area contributed by atoms with Gasteiger partial charge in [-0.25, -0.2) is 9.37 Å². The minimum Gasteiger partial charge on any atom is -0.396 e. The lowest BCUT2D eigenvalue weighted by Crippen LogP contribution is -2.33. The molecule has 35 heavy (non-hydrogen) atoms. The van der Waals surface area contributed by atoms with Gasteiger partial charge in [0.1, 0.15) is 5.82 Å². The first-order valence-corrected chi connectivity index (χ1v) is 13.1. The van der Waals surface area contributed by atoms with Gasteiger partial charge < -0.3 is 20.6 Å². The number of fused-ring (bicyclic) bond motifs is 5. The van der Waals surface area contributed by atoms with Crippen LogP contribution < -0.4 is 20.4 Å². The lowest BCUT2D eigenvalue weighted by Gasteiger charge is -2.32. The zero-order chi connectivity index (χ0) is 23.9. The number of amides is 1. The third-order valence-electron chi connectivity index (χ3n) is 6.74. The van der Waals surface area contributed by atoms with E-state index in [4.69, 9.17) is 4.98 Å². The summed E-state index contributed by atoms with van der Waals surface area (Å²) in [5, 5.41) is 16.3. The molecule has 1 amide bonds. The number of anilines is 3. The number of halogens is 1. The molecule has 4 heterocycles. The number of aliphatic hydroxyl groups excluding tert-OH is 1. The zero-order valence-electron chi connectivity index (χ0n) is 19.4. The van der Waals surface area contributed by atoms with E-state index in [1.54, 1.807) is 17.8 Å². The Bertz CT molecular complexity index is 1250. The molecule has 0 atom stereocenters. The van der Waals surface area contributed by atoms with E-state index in [1.807, 2.05) is 34.1 Å². The summed E-state index contributed by atoms with van der Waals surface area (Å²) in [5.74, 6) is 0.513. The lowest BCUT2D eigenvalue weighted by atomic mass is 9.93. The lowest BCUT2D eigenvalue weighted by molar-refractivity contribution is -0.117. The third kappa shape index (κ3) is 4.01. The molecule has 6 rings (SSSR count). The molecular formula is C26H28FN5O2S. The molecule has 1 aromatic carbocycles. The highest BCUT2D eigenvalue weighted by atomic mass is 32.2. The molecule has 0 radical (unpaired) electrons. The van der Waals surface area contributed by atoms with Gasteiger partial charge in [-0.05, 0) is 50.4 Å². The number of hydrogen-bond donors (Lipinski definition) is 3. The summed E-state index contributed by atoms with van der Waals surface area (Å²) in [6.07, 6.45) is 3.21. The van der Waals surface area contributed by atoms with Crippen LogP contribution in [0.4, 0.5) is 21.7 Å². The van der Waals surface area contributed by atoms with E-state index in [9.17, 15) is 9.90 Å². The number of para-hydroxylation sites is 1. The number of nitrogens with one attached hydrogen (secondary N) is 2. The first-order chi connectivity index (χ1) is 17.2. The van der Waals surface area contributed by atoms with E-state index in [0.717, 1.165) is 65.7 Å². The van der Waals surface area contributed by atoms with E-state index >= 15 is 4.39 Å². The van der Waals surface area contributed by atoms with Gasteiger partial charge in [-0.1, -0.05) is 29.5 Å². The number of carbonyl (C=O) groups is 1. The predicted molar refractivity (Wildman–Crippen MR) is 136 cm³/mol. The molecule has 0 bridgehead atoms. The van der Waals surface area contributed by atoms with Crippen molar-refractivity contribution in [1.82, 2.24) is 15.6 Å². The van der Waals surface area contributed by atoms with Gasteiger partial charge in [0.15, 0.2) is 11.6 Å². The number of hydrogen-bond acceptors (Lipinski definition) is 7. The molecule has 182 valence electrons. The first kappa shape index (κ1) is 22.6. The number of carbonyl (C=O) groups excluding carboxylic acids is 1. The molecule has 9 heteroatoms. The van der Waals surface area contributed by atoms with E-state index in [-0.39, 0.29) is 18.3 Å². The van der Waals surface area contributed by atoms with Crippen LogP contribution in [0.25, 0.3) is 5.57 Å². The number of pyridine rings is 1. The van der Waals surface area contributed by atoms with Crippen LogP contribution in [0.3, 0.4) is 0 Å². The molecule has 7 nitrogen and oxygen atoms in total. The van der Waals surface area contributed by atoms with Crippen LogP contribution >= 0.6 is 11.8 Å². The van der Waals surface area contributed by atoms with Crippen LogP contribution in [0.5, 0.6) is 0 Å². The molecular weight excluding hydrogens is 465 g/mol. The van der Waals surface area contributed by atoms with Crippen molar-refractivity contribution in [2.75, 3.05) is 49.1 Å². The minimum atomic E-state index is -0.354. The van der Waals surface area contributed by atoms with E-state index in [1.165, 1.54) is 0 Å². The van der Waals surface area contributed by atoms with E-state index in [2.05, 4.69) is 10.6 Å². The average Bonchev–Trinajstić information content (AvgIpc) is 3.67. The standard InChI is InChI=1S/C26H28FN5O2S/c27-18-15-17-21(16-7-8-16)22(25(34)29-10-4-14-33)26-32(19-5-1-2-6-20(19)35-26)23(17)30-24(18)31-12-3-9-28-11-13-31/h1-2,5-6,15,28,33H,3-4,7-14H2,(H,29,34). The second-order valence-corrected chi connectivity index (χ2v) is 10.2. The Kier molecular flexibility index (Phi) is 5.99. The summed E-state index contributed by atoms with van der Waals surface area (Å²) in [6.45, 7) is 3.54. The molecule has 0 unspecified atom stereocenters. The van der Waals surface area contributed by atoms with Crippen LogP contribution in [-0.2, 0) is 4.79 Å². The molecule has 4 aliphatic rings. The Labute approximate surface area is 208 Å². The number of allylic oxidation sites excluding steroid dienone is 1. The smallest absolute Gasteiger partial charge is 0.254 e. The van der Waals surface area contributed by atoms with Crippen molar-refractivity contribution in [3.05, 3.63) is 57.9 Å². The fraction of sp³-hybridized carbons (Fsp3) is 0.385. The van der Waals surface area contributed by atoms with Crippen molar-refractivity contribution >= 4 is 40.6 Å². The van der Waals surface area contributed by atoms with Crippen molar-refractivity contribution in [2.24, 2.45) is 0 Å². The van der Waals surface area contributed by atoms with Gasteiger partial charge in [0.2, 0.25) is 0 Å². The Balaban J connectivity index is 1.53. The number of rotatable bonds is 5. The summed E-state index contributed by atoms with van der Waals surface area (Å²) >= 11 is 1.56. The van der Waals surface area contributed by atoms with Gasteiger partial charge in [0, 0.05) is 48.8 Å². The van der Waals surface area contributed by atoms with Crippen LogP contribution in [0.2, 0.25) is 0 Å². The molecule has 1 saturated heterocycles. The zero-order valence-corrected chi connectivity index (χ0v) is 20.3. The van der Waals surface area contributed by atoms with Gasteiger partial charge >= 0.3 is 0 Å². The van der Waals surface area contributed by atoms with Crippen LogP contribution in [0, 0.1) is 5.82 Å². The SMILES string of the molecule is O=C(NCCCO)C1=C2Sc3ccccc3N2c2nc(N3CCCNCC3)c(F)cc2C1=C1CC1. The Morgan fingerprint density at radius 2 is 2.06 bits per heavy atom. The molecule has 3 aliphatic heterocycles. The number of aliphatic hydroxyl groups is 1. The first-order valence-electron chi connectivity index (χ1n) is 12.3. The number of thioether (sulfide) groups is 1. The second-order valence-electron chi connectivity index (χ2n) is 9.15. The maximum Gasteiger partial charge on any atom is 0.254 e. The van der Waals surface area contributed by atoms with Gasteiger partial charge in [-0.15, -0.1) is 0 Å².